The Morgan fingerprint density at radius 3 is 2.58 bits per heavy atom. The number of ether oxygens (including phenoxy) is 1. The van der Waals surface area contributed by atoms with Crippen molar-refractivity contribution in [1.29, 1.82) is 0 Å². The second-order valence-electron chi connectivity index (χ2n) is 7.84. The number of piperazine rings is 1. The van der Waals surface area contributed by atoms with Crippen LogP contribution in [0.4, 0.5) is 0 Å². The molecule has 24 heavy (non-hydrogen) atoms. The molecular weight excluding hydrogens is 304 g/mol. The summed E-state index contributed by atoms with van der Waals surface area (Å²) in [6, 6.07) is 0.221. The molecule has 0 spiro atoms. The standard InChI is InChI=1S/C18H34N4O2/c1-14(2)22-16(23)12-21(13-18(22,3)4)17(19-5)20-9-6-15-7-10-24-11-8-15/h14-15H,6-13H2,1-5H3,(H,19,20). The fraction of sp³-hybridized carbons (Fsp3) is 0.889. The van der Waals surface area contributed by atoms with E-state index < -0.39 is 0 Å². The van der Waals surface area contributed by atoms with Gasteiger partial charge < -0.3 is 19.9 Å². The van der Waals surface area contributed by atoms with Gasteiger partial charge in [0.2, 0.25) is 5.91 Å². The van der Waals surface area contributed by atoms with Crippen molar-refractivity contribution in [2.24, 2.45) is 10.9 Å². The highest BCUT2D eigenvalue weighted by Gasteiger charge is 2.40. The lowest BCUT2D eigenvalue weighted by Crippen LogP contribution is -2.66. The number of nitrogens with zero attached hydrogens (tertiary/aromatic N) is 3. The minimum Gasteiger partial charge on any atom is -0.381 e. The molecule has 2 aliphatic heterocycles. The minimum absolute atomic E-state index is 0.175. The van der Waals surface area contributed by atoms with Crippen LogP contribution in [-0.2, 0) is 9.53 Å². The third-order valence-corrected chi connectivity index (χ3v) is 5.03. The molecule has 2 saturated heterocycles. The van der Waals surface area contributed by atoms with Crippen molar-refractivity contribution in [2.75, 3.05) is 39.9 Å². The van der Waals surface area contributed by atoms with Crippen LogP contribution >= 0.6 is 0 Å². The quantitative estimate of drug-likeness (QED) is 0.626. The number of nitrogens with one attached hydrogen (secondary N) is 1. The number of carbonyl (C=O) groups excluding carboxylic acids is 1. The van der Waals surface area contributed by atoms with Crippen molar-refractivity contribution in [2.45, 2.75) is 58.5 Å². The maximum atomic E-state index is 12.6. The van der Waals surface area contributed by atoms with Gasteiger partial charge in [-0.05, 0) is 52.9 Å². The van der Waals surface area contributed by atoms with Crippen molar-refractivity contribution in [1.82, 2.24) is 15.1 Å². The summed E-state index contributed by atoms with van der Waals surface area (Å²) in [6.45, 7) is 12.3. The van der Waals surface area contributed by atoms with Crippen LogP contribution in [0.2, 0.25) is 0 Å². The summed E-state index contributed by atoms with van der Waals surface area (Å²) in [7, 11) is 1.79. The van der Waals surface area contributed by atoms with Crippen LogP contribution in [0.5, 0.6) is 0 Å². The third kappa shape index (κ3) is 4.62. The number of hydrogen-bond acceptors (Lipinski definition) is 3. The molecule has 6 nitrogen and oxygen atoms in total. The van der Waals surface area contributed by atoms with Gasteiger partial charge in [-0.25, -0.2) is 0 Å². The van der Waals surface area contributed by atoms with E-state index in [9.17, 15) is 4.79 Å². The predicted molar refractivity (Wildman–Crippen MR) is 97.2 cm³/mol. The van der Waals surface area contributed by atoms with Gasteiger partial charge in [-0.15, -0.1) is 0 Å². The van der Waals surface area contributed by atoms with Gasteiger partial charge in [-0.3, -0.25) is 9.79 Å². The van der Waals surface area contributed by atoms with Gasteiger partial charge in [0.1, 0.15) is 0 Å². The van der Waals surface area contributed by atoms with E-state index >= 15 is 0 Å². The highest BCUT2D eigenvalue weighted by molar-refractivity contribution is 5.88. The maximum Gasteiger partial charge on any atom is 0.242 e. The zero-order chi connectivity index (χ0) is 17.7. The molecule has 2 aliphatic rings. The van der Waals surface area contributed by atoms with E-state index in [1.807, 2.05) is 4.90 Å². The smallest absolute Gasteiger partial charge is 0.242 e. The first-order valence-electron chi connectivity index (χ1n) is 9.20. The Morgan fingerprint density at radius 2 is 2.04 bits per heavy atom. The first-order valence-corrected chi connectivity index (χ1v) is 9.20. The van der Waals surface area contributed by atoms with Gasteiger partial charge in [0.05, 0.1) is 12.1 Å². The molecule has 2 heterocycles. The van der Waals surface area contributed by atoms with Crippen LogP contribution in [0, 0.1) is 5.92 Å². The highest BCUT2D eigenvalue weighted by atomic mass is 16.5. The molecule has 1 N–H and O–H groups in total. The number of hydrogen-bond donors (Lipinski definition) is 1. The van der Waals surface area contributed by atoms with Gasteiger partial charge in [-0.1, -0.05) is 0 Å². The number of aliphatic imine (C=N–C) groups is 1. The first kappa shape index (κ1) is 19.0. The SMILES string of the molecule is CN=C(NCCC1CCOCC1)N1CC(=O)N(C(C)C)C(C)(C)C1. The molecule has 0 aromatic carbocycles. The molecule has 0 aliphatic carbocycles. The summed E-state index contributed by atoms with van der Waals surface area (Å²) >= 11 is 0. The van der Waals surface area contributed by atoms with Gasteiger partial charge in [0.25, 0.3) is 0 Å². The summed E-state index contributed by atoms with van der Waals surface area (Å²) in [6.07, 6.45) is 3.43. The molecular formula is C18H34N4O2. The second-order valence-corrected chi connectivity index (χ2v) is 7.84. The zero-order valence-electron chi connectivity index (χ0n) is 16.0. The fourth-order valence-electron chi connectivity index (χ4n) is 4.07. The number of guanidine groups is 1. The molecule has 2 rings (SSSR count). The average Bonchev–Trinajstić information content (AvgIpc) is 2.50. The zero-order valence-corrected chi connectivity index (χ0v) is 16.0. The van der Waals surface area contributed by atoms with Crippen molar-refractivity contribution in [3.63, 3.8) is 0 Å². The normalized spacial score (nSPS) is 23.1. The Hall–Kier alpha value is -1.30. The van der Waals surface area contributed by atoms with Crippen LogP contribution in [0.25, 0.3) is 0 Å². The maximum absolute atomic E-state index is 12.6. The summed E-state index contributed by atoms with van der Waals surface area (Å²) in [4.78, 5) is 21.1. The van der Waals surface area contributed by atoms with E-state index in [1.165, 1.54) is 0 Å². The summed E-state index contributed by atoms with van der Waals surface area (Å²) < 4.78 is 5.41. The van der Waals surface area contributed by atoms with Crippen molar-refractivity contribution < 1.29 is 9.53 Å². The number of carbonyl (C=O) groups is 1. The minimum atomic E-state index is -0.193. The highest BCUT2D eigenvalue weighted by Crippen LogP contribution is 2.24. The Balaban J connectivity index is 1.90. The lowest BCUT2D eigenvalue weighted by molar-refractivity contribution is -0.145. The molecule has 0 aromatic heterocycles. The van der Waals surface area contributed by atoms with E-state index in [0.717, 1.165) is 57.4 Å². The van der Waals surface area contributed by atoms with Gasteiger partial charge in [0.15, 0.2) is 5.96 Å². The van der Waals surface area contributed by atoms with E-state index in [4.69, 9.17) is 4.74 Å². The lowest BCUT2D eigenvalue weighted by atomic mass is 9.96. The third-order valence-electron chi connectivity index (χ3n) is 5.03. The first-order chi connectivity index (χ1) is 11.3. The Bertz CT molecular complexity index is 456. The topological polar surface area (TPSA) is 57.2 Å². The van der Waals surface area contributed by atoms with E-state index in [0.29, 0.717) is 6.54 Å². The number of rotatable bonds is 4. The van der Waals surface area contributed by atoms with E-state index in [1.54, 1.807) is 7.05 Å². The van der Waals surface area contributed by atoms with Crippen LogP contribution in [-0.4, -0.2) is 73.1 Å². The van der Waals surface area contributed by atoms with E-state index in [-0.39, 0.29) is 17.5 Å². The van der Waals surface area contributed by atoms with Crippen LogP contribution in [0.15, 0.2) is 4.99 Å². The summed E-state index contributed by atoms with van der Waals surface area (Å²) in [5, 5.41) is 3.45. The van der Waals surface area contributed by atoms with E-state index in [2.05, 4.69) is 42.9 Å². The summed E-state index contributed by atoms with van der Waals surface area (Å²) in [5.41, 5.74) is -0.193. The Labute approximate surface area is 146 Å². The molecule has 0 aromatic rings. The van der Waals surface area contributed by atoms with Crippen LogP contribution in [0.1, 0.15) is 47.0 Å². The van der Waals surface area contributed by atoms with Gasteiger partial charge in [-0.2, -0.15) is 0 Å². The molecule has 0 unspecified atom stereocenters. The molecule has 0 radical (unpaired) electrons. The molecule has 0 saturated carbocycles. The molecule has 6 heteroatoms. The van der Waals surface area contributed by atoms with Crippen molar-refractivity contribution in [3.8, 4) is 0 Å². The molecule has 1 amide bonds. The lowest BCUT2D eigenvalue weighted by Gasteiger charge is -2.49. The largest absolute Gasteiger partial charge is 0.381 e. The van der Waals surface area contributed by atoms with Crippen molar-refractivity contribution >= 4 is 11.9 Å². The average molecular weight is 338 g/mol. The predicted octanol–water partition coefficient (Wildman–Crippen LogP) is 1.71. The van der Waals surface area contributed by atoms with Crippen molar-refractivity contribution in [3.05, 3.63) is 0 Å². The fourth-order valence-corrected chi connectivity index (χ4v) is 4.07. The molecule has 0 atom stereocenters. The molecule has 2 fully saturated rings. The second kappa shape index (κ2) is 8.19. The number of amides is 1. The summed E-state index contributed by atoms with van der Waals surface area (Å²) in [5.74, 6) is 1.75. The Kier molecular flexibility index (Phi) is 6.49. The molecule has 0 bridgehead atoms. The van der Waals surface area contributed by atoms with Gasteiger partial charge in [0, 0.05) is 39.4 Å². The van der Waals surface area contributed by atoms with Crippen LogP contribution in [0.3, 0.4) is 0 Å². The van der Waals surface area contributed by atoms with Gasteiger partial charge >= 0.3 is 0 Å². The monoisotopic (exact) mass is 338 g/mol. The molecule has 138 valence electrons. The Morgan fingerprint density at radius 1 is 1.38 bits per heavy atom. The van der Waals surface area contributed by atoms with Crippen LogP contribution < -0.4 is 5.32 Å².